The zero-order valence-electron chi connectivity index (χ0n) is 14.0. The molecule has 2 aromatic carbocycles. The molecule has 3 N–H and O–H groups in total. The monoisotopic (exact) mass is 410 g/mol. The topological polar surface area (TPSA) is 58.7 Å². The van der Waals surface area contributed by atoms with Gasteiger partial charge in [-0.15, -0.1) is 0 Å². The second kappa shape index (κ2) is 9.32. The molecule has 24 heavy (non-hydrogen) atoms. The minimum absolute atomic E-state index is 0.140. The van der Waals surface area contributed by atoms with Crippen molar-refractivity contribution < 1.29 is 9.84 Å². The van der Waals surface area contributed by atoms with E-state index in [2.05, 4.69) is 33.0 Å². The summed E-state index contributed by atoms with van der Waals surface area (Å²) in [5.41, 5.74) is 8.07. The zero-order valence-corrected chi connectivity index (χ0v) is 16.4. The second-order valence-electron chi connectivity index (χ2n) is 5.72. The molecule has 2 aromatic rings. The van der Waals surface area contributed by atoms with E-state index in [0.29, 0.717) is 13.0 Å². The Morgan fingerprint density at radius 2 is 1.92 bits per heavy atom. The highest BCUT2D eigenvalue weighted by atomic mass is 79.9. The van der Waals surface area contributed by atoms with Crippen LogP contribution in [0.4, 0.5) is 5.69 Å². The van der Waals surface area contributed by atoms with E-state index in [9.17, 15) is 0 Å². The molecule has 4 nitrogen and oxygen atoms in total. The summed E-state index contributed by atoms with van der Waals surface area (Å²) < 4.78 is 6.67. The maximum absolute atomic E-state index is 8.87. The first-order valence-corrected chi connectivity index (χ1v) is 9.34. The molecular weight excluding hydrogens is 388 g/mol. The first-order chi connectivity index (χ1) is 11.5. The number of nitrogen functional groups attached to an aromatic ring is 1. The second-order valence-corrected chi connectivity index (χ2v) is 7.72. The fraction of sp³-hybridized carbons (Fsp3) is 0.333. The van der Waals surface area contributed by atoms with Gasteiger partial charge in [0.1, 0.15) is 5.75 Å². The lowest BCUT2D eigenvalue weighted by molar-refractivity contribution is 0.233. The van der Waals surface area contributed by atoms with Crippen LogP contribution in [0.15, 0.2) is 50.7 Å². The number of aliphatic hydroxyl groups is 1. The standard InChI is InChI=1S/C18H23BrN2O2S/c1-21(2)12-13-10-15(23-9-3-8-22)5-7-17(13)24-18-6-4-14(19)11-16(18)20/h4-7,10-11,22H,3,8-9,12,20H2,1-2H3. The van der Waals surface area contributed by atoms with E-state index in [1.54, 1.807) is 11.8 Å². The van der Waals surface area contributed by atoms with E-state index in [1.165, 1.54) is 5.56 Å². The van der Waals surface area contributed by atoms with Gasteiger partial charge in [-0.2, -0.15) is 0 Å². The van der Waals surface area contributed by atoms with Crippen LogP contribution in [-0.4, -0.2) is 37.3 Å². The number of aliphatic hydroxyl groups excluding tert-OH is 1. The van der Waals surface area contributed by atoms with Crippen LogP contribution in [0.2, 0.25) is 0 Å². The third kappa shape index (κ3) is 5.70. The smallest absolute Gasteiger partial charge is 0.119 e. The number of hydrogen-bond donors (Lipinski definition) is 2. The maximum Gasteiger partial charge on any atom is 0.119 e. The number of benzene rings is 2. The number of rotatable bonds is 8. The highest BCUT2D eigenvalue weighted by Crippen LogP contribution is 2.37. The Morgan fingerprint density at radius 1 is 1.17 bits per heavy atom. The molecule has 0 bridgehead atoms. The molecule has 0 fully saturated rings. The van der Waals surface area contributed by atoms with E-state index in [4.69, 9.17) is 15.6 Å². The molecule has 0 heterocycles. The van der Waals surface area contributed by atoms with Crippen LogP contribution in [0, 0.1) is 0 Å². The molecule has 0 saturated carbocycles. The average Bonchev–Trinajstić information content (AvgIpc) is 2.52. The van der Waals surface area contributed by atoms with Crippen LogP contribution in [0.5, 0.6) is 5.75 Å². The lowest BCUT2D eigenvalue weighted by Crippen LogP contribution is -2.11. The van der Waals surface area contributed by atoms with Gasteiger partial charge in [0.15, 0.2) is 0 Å². The van der Waals surface area contributed by atoms with Gasteiger partial charge in [0.25, 0.3) is 0 Å². The lowest BCUT2D eigenvalue weighted by atomic mass is 10.2. The Labute approximate surface area is 156 Å². The summed E-state index contributed by atoms with van der Waals surface area (Å²) in [5, 5.41) is 8.87. The summed E-state index contributed by atoms with van der Waals surface area (Å²) in [5.74, 6) is 0.827. The molecule has 2 rings (SSSR count). The SMILES string of the molecule is CN(C)Cc1cc(OCCCO)ccc1Sc1ccc(Br)cc1N. The molecule has 0 spiro atoms. The molecule has 0 atom stereocenters. The molecule has 0 aromatic heterocycles. The molecule has 0 unspecified atom stereocenters. The van der Waals surface area contributed by atoms with Gasteiger partial charge in [0, 0.05) is 39.5 Å². The summed E-state index contributed by atoms with van der Waals surface area (Å²) in [6.07, 6.45) is 0.634. The van der Waals surface area contributed by atoms with Crippen LogP contribution in [0.3, 0.4) is 0 Å². The van der Waals surface area contributed by atoms with Gasteiger partial charge in [-0.3, -0.25) is 0 Å². The van der Waals surface area contributed by atoms with Gasteiger partial charge in [-0.05, 0) is 56.1 Å². The van der Waals surface area contributed by atoms with Gasteiger partial charge in [0.2, 0.25) is 0 Å². The first-order valence-electron chi connectivity index (χ1n) is 7.74. The van der Waals surface area contributed by atoms with Crippen molar-refractivity contribution in [1.29, 1.82) is 0 Å². The Balaban J connectivity index is 2.23. The molecule has 0 amide bonds. The van der Waals surface area contributed by atoms with Crippen molar-refractivity contribution in [2.45, 2.75) is 22.8 Å². The molecule has 0 aliphatic carbocycles. The van der Waals surface area contributed by atoms with Crippen LogP contribution in [0.1, 0.15) is 12.0 Å². The average molecular weight is 411 g/mol. The molecule has 0 radical (unpaired) electrons. The fourth-order valence-electron chi connectivity index (χ4n) is 2.19. The largest absolute Gasteiger partial charge is 0.493 e. The number of halogens is 1. The van der Waals surface area contributed by atoms with Gasteiger partial charge < -0.3 is 20.5 Å². The van der Waals surface area contributed by atoms with E-state index >= 15 is 0 Å². The fourth-order valence-corrected chi connectivity index (χ4v) is 3.51. The summed E-state index contributed by atoms with van der Waals surface area (Å²) in [6, 6.07) is 12.0. The van der Waals surface area contributed by atoms with Gasteiger partial charge in [-0.25, -0.2) is 0 Å². The predicted molar refractivity (Wildman–Crippen MR) is 104 cm³/mol. The van der Waals surface area contributed by atoms with Gasteiger partial charge >= 0.3 is 0 Å². The van der Waals surface area contributed by atoms with Crippen molar-refractivity contribution in [3.05, 3.63) is 46.4 Å². The first kappa shape index (κ1) is 19.1. The molecule has 6 heteroatoms. The van der Waals surface area contributed by atoms with Crippen LogP contribution < -0.4 is 10.5 Å². The summed E-state index contributed by atoms with van der Waals surface area (Å²) >= 11 is 5.10. The predicted octanol–water partition coefficient (Wildman–Crippen LogP) is 4.01. The number of anilines is 1. The van der Waals surface area contributed by atoms with Crippen molar-refractivity contribution in [1.82, 2.24) is 4.90 Å². The Bertz CT molecular complexity index is 680. The lowest BCUT2D eigenvalue weighted by Gasteiger charge is -2.16. The summed E-state index contributed by atoms with van der Waals surface area (Å²) in [6.45, 7) is 1.47. The van der Waals surface area contributed by atoms with Crippen LogP contribution in [-0.2, 0) is 6.54 Å². The minimum atomic E-state index is 0.140. The summed E-state index contributed by atoms with van der Waals surface area (Å²) in [7, 11) is 4.09. The van der Waals surface area contributed by atoms with Crippen molar-refractivity contribution >= 4 is 33.4 Å². The third-order valence-electron chi connectivity index (χ3n) is 3.28. The van der Waals surface area contributed by atoms with Gasteiger partial charge in [-0.1, -0.05) is 27.7 Å². The molecule has 130 valence electrons. The third-order valence-corrected chi connectivity index (χ3v) is 4.98. The summed E-state index contributed by atoms with van der Waals surface area (Å²) in [4.78, 5) is 4.32. The number of ether oxygens (including phenoxy) is 1. The Kier molecular flexibility index (Phi) is 7.42. The van der Waals surface area contributed by atoms with E-state index in [1.807, 2.05) is 38.4 Å². The molecular formula is C18H23BrN2O2S. The van der Waals surface area contributed by atoms with Crippen LogP contribution >= 0.6 is 27.7 Å². The molecule has 0 aliphatic heterocycles. The molecule has 0 saturated heterocycles. The van der Waals surface area contributed by atoms with Crippen molar-refractivity contribution in [3.8, 4) is 5.75 Å². The van der Waals surface area contributed by atoms with Crippen molar-refractivity contribution in [2.24, 2.45) is 0 Å². The molecule has 0 aliphatic rings. The maximum atomic E-state index is 8.87. The quantitative estimate of drug-likeness (QED) is 0.508. The highest BCUT2D eigenvalue weighted by Gasteiger charge is 2.10. The van der Waals surface area contributed by atoms with E-state index in [-0.39, 0.29) is 6.61 Å². The van der Waals surface area contributed by atoms with E-state index < -0.39 is 0 Å². The number of nitrogens with two attached hydrogens (primary N) is 1. The Hall–Kier alpha value is -1.21. The minimum Gasteiger partial charge on any atom is -0.493 e. The van der Waals surface area contributed by atoms with E-state index in [0.717, 1.165) is 32.2 Å². The number of nitrogens with zero attached hydrogens (tertiary/aromatic N) is 1. The zero-order chi connectivity index (χ0) is 17.5. The van der Waals surface area contributed by atoms with Crippen molar-refractivity contribution in [3.63, 3.8) is 0 Å². The van der Waals surface area contributed by atoms with Crippen molar-refractivity contribution in [2.75, 3.05) is 33.0 Å². The van der Waals surface area contributed by atoms with Gasteiger partial charge in [0.05, 0.1) is 6.61 Å². The Morgan fingerprint density at radius 3 is 2.58 bits per heavy atom. The highest BCUT2D eigenvalue weighted by molar-refractivity contribution is 9.10. The number of hydrogen-bond acceptors (Lipinski definition) is 5. The normalized spacial score (nSPS) is 11.0. The van der Waals surface area contributed by atoms with Crippen LogP contribution in [0.25, 0.3) is 0 Å².